The first-order chi connectivity index (χ1) is 9.47. The highest BCUT2D eigenvalue weighted by molar-refractivity contribution is 5.80. The Morgan fingerprint density at radius 1 is 1.40 bits per heavy atom. The molecule has 1 fully saturated rings. The molecule has 0 amide bonds. The SMILES string of the molecule is CCNC(=NCC(C)C(=O)OC)N1CC(C)CC(C)C1. The number of methoxy groups -OCH3 is 1. The molecule has 5 nitrogen and oxygen atoms in total. The van der Waals surface area contributed by atoms with E-state index >= 15 is 0 Å². The average Bonchev–Trinajstić information content (AvgIpc) is 2.40. The quantitative estimate of drug-likeness (QED) is 0.485. The number of nitrogens with one attached hydrogen (secondary N) is 1. The first-order valence-electron chi connectivity index (χ1n) is 7.59. The molecule has 0 radical (unpaired) electrons. The number of carbonyl (C=O) groups excluding carboxylic acids is 1. The molecule has 0 spiro atoms. The van der Waals surface area contributed by atoms with E-state index in [1.165, 1.54) is 13.5 Å². The van der Waals surface area contributed by atoms with E-state index in [-0.39, 0.29) is 11.9 Å². The maximum Gasteiger partial charge on any atom is 0.310 e. The number of ether oxygens (including phenoxy) is 1. The van der Waals surface area contributed by atoms with E-state index in [1.54, 1.807) is 0 Å². The number of esters is 1. The molecule has 3 unspecified atom stereocenters. The van der Waals surface area contributed by atoms with Crippen LogP contribution in [0.25, 0.3) is 0 Å². The van der Waals surface area contributed by atoms with Crippen molar-refractivity contribution in [3.05, 3.63) is 0 Å². The summed E-state index contributed by atoms with van der Waals surface area (Å²) in [5, 5.41) is 3.33. The Kier molecular flexibility index (Phi) is 6.82. The molecule has 0 bridgehead atoms. The second kappa shape index (κ2) is 8.12. The van der Waals surface area contributed by atoms with E-state index in [0.29, 0.717) is 18.4 Å². The molecule has 1 aliphatic rings. The molecule has 0 aromatic rings. The van der Waals surface area contributed by atoms with E-state index in [0.717, 1.165) is 25.6 Å². The Morgan fingerprint density at radius 2 is 2.00 bits per heavy atom. The smallest absolute Gasteiger partial charge is 0.310 e. The first-order valence-corrected chi connectivity index (χ1v) is 7.59. The number of guanidine groups is 1. The Hall–Kier alpha value is -1.26. The summed E-state index contributed by atoms with van der Waals surface area (Å²) in [4.78, 5) is 18.4. The topological polar surface area (TPSA) is 53.9 Å². The molecular formula is C15H29N3O2. The van der Waals surface area contributed by atoms with Gasteiger partial charge in [-0.05, 0) is 25.2 Å². The highest BCUT2D eigenvalue weighted by Crippen LogP contribution is 2.20. The minimum absolute atomic E-state index is 0.201. The van der Waals surface area contributed by atoms with Crippen molar-refractivity contribution in [2.45, 2.75) is 34.1 Å². The average molecular weight is 283 g/mol. The molecule has 1 heterocycles. The Bertz CT molecular complexity index is 334. The third kappa shape index (κ3) is 5.02. The molecule has 0 aromatic heterocycles. The second-order valence-electron chi connectivity index (χ2n) is 5.97. The number of carbonyl (C=O) groups is 1. The molecule has 1 N–H and O–H groups in total. The van der Waals surface area contributed by atoms with Gasteiger partial charge in [0.1, 0.15) is 0 Å². The molecule has 1 rings (SSSR count). The van der Waals surface area contributed by atoms with Crippen LogP contribution in [0.2, 0.25) is 0 Å². The molecule has 116 valence electrons. The molecule has 0 aromatic carbocycles. The van der Waals surface area contributed by atoms with Gasteiger partial charge in [0.15, 0.2) is 5.96 Å². The zero-order chi connectivity index (χ0) is 15.1. The van der Waals surface area contributed by atoms with Crippen LogP contribution in [-0.2, 0) is 9.53 Å². The van der Waals surface area contributed by atoms with Gasteiger partial charge in [0, 0.05) is 19.6 Å². The molecule has 0 saturated carbocycles. The second-order valence-corrected chi connectivity index (χ2v) is 5.97. The minimum Gasteiger partial charge on any atom is -0.469 e. The minimum atomic E-state index is -0.204. The van der Waals surface area contributed by atoms with Crippen LogP contribution in [0.15, 0.2) is 4.99 Å². The van der Waals surface area contributed by atoms with Gasteiger partial charge in [-0.25, -0.2) is 0 Å². The van der Waals surface area contributed by atoms with Crippen LogP contribution in [0.1, 0.15) is 34.1 Å². The lowest BCUT2D eigenvalue weighted by Crippen LogP contribution is -2.48. The van der Waals surface area contributed by atoms with Gasteiger partial charge in [-0.3, -0.25) is 9.79 Å². The molecule has 1 aliphatic heterocycles. The summed E-state index contributed by atoms with van der Waals surface area (Å²) in [6.07, 6.45) is 1.27. The molecule has 3 atom stereocenters. The normalized spacial score (nSPS) is 25.2. The van der Waals surface area contributed by atoms with Gasteiger partial charge in [-0.2, -0.15) is 0 Å². The van der Waals surface area contributed by atoms with Crippen molar-refractivity contribution in [2.75, 3.05) is 33.3 Å². The molecule has 0 aliphatic carbocycles. The van der Waals surface area contributed by atoms with Crippen molar-refractivity contribution in [3.63, 3.8) is 0 Å². The van der Waals surface area contributed by atoms with E-state index in [2.05, 4.69) is 36.0 Å². The fraction of sp³-hybridized carbons (Fsp3) is 0.867. The lowest BCUT2D eigenvalue weighted by molar-refractivity contribution is -0.144. The van der Waals surface area contributed by atoms with Crippen LogP contribution < -0.4 is 5.32 Å². The number of piperidine rings is 1. The highest BCUT2D eigenvalue weighted by Gasteiger charge is 2.24. The third-order valence-corrected chi connectivity index (χ3v) is 3.62. The van der Waals surface area contributed by atoms with Crippen LogP contribution in [-0.4, -0.2) is 50.1 Å². The van der Waals surface area contributed by atoms with Crippen molar-refractivity contribution >= 4 is 11.9 Å². The van der Waals surface area contributed by atoms with E-state index < -0.39 is 0 Å². The number of hydrogen-bond donors (Lipinski definition) is 1. The van der Waals surface area contributed by atoms with Gasteiger partial charge in [0.05, 0.1) is 19.6 Å². The maximum atomic E-state index is 11.4. The van der Waals surface area contributed by atoms with E-state index in [4.69, 9.17) is 4.74 Å². The van der Waals surface area contributed by atoms with E-state index in [9.17, 15) is 4.79 Å². The standard InChI is InChI=1S/C15H29N3O2/c1-6-16-15(17-8-13(4)14(19)20-5)18-9-11(2)7-12(3)10-18/h11-13H,6-10H2,1-5H3,(H,16,17). The summed E-state index contributed by atoms with van der Waals surface area (Å²) < 4.78 is 4.74. The first kappa shape index (κ1) is 16.8. The van der Waals surface area contributed by atoms with Crippen molar-refractivity contribution < 1.29 is 9.53 Å². The van der Waals surface area contributed by atoms with Gasteiger partial charge >= 0.3 is 5.97 Å². The van der Waals surface area contributed by atoms with Crippen LogP contribution in [0.3, 0.4) is 0 Å². The van der Waals surface area contributed by atoms with Crippen molar-refractivity contribution in [2.24, 2.45) is 22.7 Å². The summed E-state index contributed by atoms with van der Waals surface area (Å²) in [7, 11) is 1.42. The highest BCUT2D eigenvalue weighted by atomic mass is 16.5. The van der Waals surface area contributed by atoms with Crippen LogP contribution in [0.5, 0.6) is 0 Å². The summed E-state index contributed by atoms with van der Waals surface area (Å²) in [6.45, 7) is 11.8. The van der Waals surface area contributed by atoms with Gasteiger partial charge < -0.3 is 15.0 Å². The zero-order valence-corrected chi connectivity index (χ0v) is 13.5. The van der Waals surface area contributed by atoms with E-state index in [1.807, 2.05) is 6.92 Å². The zero-order valence-electron chi connectivity index (χ0n) is 13.5. The fourth-order valence-electron chi connectivity index (χ4n) is 2.76. The molecular weight excluding hydrogens is 254 g/mol. The van der Waals surface area contributed by atoms with Crippen LogP contribution in [0.4, 0.5) is 0 Å². The number of rotatable bonds is 4. The fourth-order valence-corrected chi connectivity index (χ4v) is 2.76. The summed E-state index contributed by atoms with van der Waals surface area (Å²) in [6, 6.07) is 0. The van der Waals surface area contributed by atoms with Gasteiger partial charge in [0.25, 0.3) is 0 Å². The predicted octanol–water partition coefficient (Wildman–Crippen LogP) is 1.74. The number of nitrogens with zero attached hydrogens (tertiary/aromatic N) is 2. The van der Waals surface area contributed by atoms with Crippen LogP contribution in [0, 0.1) is 17.8 Å². The number of likely N-dealkylation sites (tertiary alicyclic amines) is 1. The lowest BCUT2D eigenvalue weighted by atomic mass is 9.92. The summed E-state index contributed by atoms with van der Waals surface area (Å²) in [5.41, 5.74) is 0. The van der Waals surface area contributed by atoms with Crippen LogP contribution >= 0.6 is 0 Å². The van der Waals surface area contributed by atoms with Crippen molar-refractivity contribution in [3.8, 4) is 0 Å². The Balaban J connectivity index is 2.69. The third-order valence-electron chi connectivity index (χ3n) is 3.62. The molecule has 20 heavy (non-hydrogen) atoms. The summed E-state index contributed by atoms with van der Waals surface area (Å²) >= 11 is 0. The number of aliphatic imine (C=N–C) groups is 1. The Morgan fingerprint density at radius 3 is 2.50 bits per heavy atom. The molecule has 1 saturated heterocycles. The van der Waals surface area contributed by atoms with Gasteiger partial charge in [-0.15, -0.1) is 0 Å². The van der Waals surface area contributed by atoms with Crippen molar-refractivity contribution in [1.82, 2.24) is 10.2 Å². The summed E-state index contributed by atoms with van der Waals surface area (Å²) in [5.74, 6) is 1.88. The number of hydrogen-bond acceptors (Lipinski definition) is 3. The largest absolute Gasteiger partial charge is 0.469 e. The Labute approximate surface area is 122 Å². The maximum absolute atomic E-state index is 11.4. The van der Waals surface area contributed by atoms with Crippen molar-refractivity contribution in [1.29, 1.82) is 0 Å². The monoisotopic (exact) mass is 283 g/mol. The predicted molar refractivity (Wildman–Crippen MR) is 81.7 cm³/mol. The molecule has 5 heteroatoms. The van der Waals surface area contributed by atoms with Gasteiger partial charge in [-0.1, -0.05) is 20.8 Å². The van der Waals surface area contributed by atoms with Gasteiger partial charge in [0.2, 0.25) is 0 Å². The lowest BCUT2D eigenvalue weighted by Gasteiger charge is -2.37.